The first-order valence-corrected chi connectivity index (χ1v) is 8.11. The van der Waals surface area contributed by atoms with Crippen molar-refractivity contribution in [2.45, 2.75) is 26.9 Å². The van der Waals surface area contributed by atoms with Crippen molar-refractivity contribution in [1.29, 1.82) is 5.26 Å². The Bertz CT molecular complexity index is 791. The van der Waals surface area contributed by atoms with Gasteiger partial charge in [-0.3, -0.25) is 5.32 Å². The molecule has 0 saturated heterocycles. The number of urea groups is 1. The van der Waals surface area contributed by atoms with Gasteiger partial charge in [0.2, 0.25) is 0 Å². The predicted octanol–water partition coefficient (Wildman–Crippen LogP) is 4.14. The molecule has 0 radical (unpaired) electrons. The highest BCUT2D eigenvalue weighted by atomic mass is 32.1. The number of rotatable bonds is 4. The summed E-state index contributed by atoms with van der Waals surface area (Å²) >= 11 is 1.03. The SMILES string of the molecule is Cc1c(C(=O)OC(C)C)sc(NC(=O)Nc2ccccc2)c1C#N. The maximum atomic E-state index is 12.1. The van der Waals surface area contributed by atoms with Crippen LogP contribution in [0, 0.1) is 18.3 Å². The van der Waals surface area contributed by atoms with E-state index < -0.39 is 12.0 Å². The van der Waals surface area contributed by atoms with Gasteiger partial charge in [-0.15, -0.1) is 11.3 Å². The van der Waals surface area contributed by atoms with Crippen LogP contribution in [0.4, 0.5) is 15.5 Å². The zero-order valence-corrected chi connectivity index (χ0v) is 14.4. The van der Waals surface area contributed by atoms with Crippen molar-refractivity contribution >= 4 is 34.0 Å². The Balaban J connectivity index is 2.19. The third-order valence-electron chi connectivity index (χ3n) is 3.05. The van der Waals surface area contributed by atoms with Gasteiger partial charge < -0.3 is 10.1 Å². The number of hydrogen-bond acceptors (Lipinski definition) is 5. The van der Waals surface area contributed by atoms with Gasteiger partial charge in [-0.2, -0.15) is 5.26 Å². The van der Waals surface area contributed by atoms with Gasteiger partial charge in [-0.1, -0.05) is 18.2 Å². The summed E-state index contributed by atoms with van der Waals surface area (Å²) < 4.78 is 5.16. The van der Waals surface area contributed by atoms with E-state index in [1.54, 1.807) is 45.0 Å². The Labute approximate surface area is 144 Å². The molecule has 1 aromatic carbocycles. The van der Waals surface area contributed by atoms with Crippen LogP contribution in [0.3, 0.4) is 0 Å². The smallest absolute Gasteiger partial charge is 0.348 e. The molecule has 0 aliphatic heterocycles. The zero-order valence-electron chi connectivity index (χ0n) is 13.5. The van der Waals surface area contributed by atoms with Gasteiger partial charge in [0.15, 0.2) is 0 Å². The molecule has 2 N–H and O–H groups in total. The molecule has 0 bridgehead atoms. The minimum atomic E-state index is -0.500. The Kier molecular flexibility index (Phi) is 5.55. The second-order valence-corrected chi connectivity index (χ2v) is 6.29. The number of carbonyl (C=O) groups is 2. The second-order valence-electron chi connectivity index (χ2n) is 5.27. The fourth-order valence-electron chi connectivity index (χ4n) is 1.99. The third-order valence-corrected chi connectivity index (χ3v) is 4.23. The normalized spacial score (nSPS) is 10.1. The molecule has 6 nitrogen and oxygen atoms in total. The summed E-state index contributed by atoms with van der Waals surface area (Å²) in [6.45, 7) is 5.16. The number of ether oxygens (including phenoxy) is 1. The van der Waals surface area contributed by atoms with Gasteiger partial charge in [-0.25, -0.2) is 9.59 Å². The van der Waals surface area contributed by atoms with Crippen LogP contribution in [-0.4, -0.2) is 18.1 Å². The summed E-state index contributed by atoms with van der Waals surface area (Å²) in [5.41, 5.74) is 1.39. The lowest BCUT2D eigenvalue weighted by atomic mass is 10.2. The minimum Gasteiger partial charge on any atom is -0.459 e. The van der Waals surface area contributed by atoms with Crippen LogP contribution in [-0.2, 0) is 4.74 Å². The first-order chi connectivity index (χ1) is 11.4. The van der Waals surface area contributed by atoms with Crippen LogP contribution in [0.5, 0.6) is 0 Å². The highest BCUT2D eigenvalue weighted by Gasteiger charge is 2.23. The van der Waals surface area contributed by atoms with E-state index in [9.17, 15) is 14.9 Å². The summed E-state index contributed by atoms with van der Waals surface area (Å²) in [5, 5.41) is 14.9. The monoisotopic (exact) mass is 343 g/mol. The number of benzene rings is 1. The van der Waals surface area contributed by atoms with Crippen LogP contribution in [0.15, 0.2) is 30.3 Å². The zero-order chi connectivity index (χ0) is 17.7. The molecule has 7 heteroatoms. The Morgan fingerprint density at radius 1 is 1.21 bits per heavy atom. The number of thiophene rings is 1. The molecule has 2 rings (SSSR count). The average molecular weight is 343 g/mol. The molecule has 24 heavy (non-hydrogen) atoms. The maximum Gasteiger partial charge on any atom is 0.348 e. The molecule has 0 aliphatic rings. The number of esters is 1. The standard InChI is InChI=1S/C17H17N3O3S/c1-10(2)23-16(21)14-11(3)13(9-18)15(24-14)20-17(22)19-12-7-5-4-6-8-12/h4-8,10H,1-3H3,(H2,19,20,22). The first kappa shape index (κ1) is 17.5. The molecule has 2 amide bonds. The Hall–Kier alpha value is -2.85. The topological polar surface area (TPSA) is 91.2 Å². The van der Waals surface area contributed by atoms with Gasteiger partial charge in [-0.05, 0) is 38.5 Å². The molecule has 1 aromatic heterocycles. The number of carbonyl (C=O) groups excluding carboxylic acids is 2. The summed E-state index contributed by atoms with van der Waals surface area (Å²) in [6.07, 6.45) is -0.262. The number of amides is 2. The quantitative estimate of drug-likeness (QED) is 0.816. The van der Waals surface area contributed by atoms with Gasteiger partial charge >= 0.3 is 12.0 Å². The highest BCUT2D eigenvalue weighted by Crippen LogP contribution is 2.33. The van der Waals surface area contributed by atoms with E-state index in [1.807, 2.05) is 12.1 Å². The number of hydrogen-bond donors (Lipinski definition) is 2. The lowest BCUT2D eigenvalue weighted by molar-refractivity contribution is 0.0383. The van der Waals surface area contributed by atoms with Crippen molar-refractivity contribution in [3.63, 3.8) is 0 Å². The van der Waals surface area contributed by atoms with Gasteiger partial charge in [0.1, 0.15) is 15.9 Å². The molecule has 2 aromatic rings. The molecule has 0 saturated carbocycles. The molecule has 0 fully saturated rings. The molecular weight excluding hydrogens is 326 g/mol. The van der Waals surface area contributed by atoms with Crippen molar-refractivity contribution in [2.24, 2.45) is 0 Å². The number of anilines is 2. The summed E-state index contributed by atoms with van der Waals surface area (Å²) in [7, 11) is 0. The molecule has 0 unspecified atom stereocenters. The van der Waals surface area contributed by atoms with Gasteiger partial charge in [0, 0.05) is 5.69 Å². The van der Waals surface area contributed by atoms with Crippen molar-refractivity contribution in [2.75, 3.05) is 10.6 Å². The Morgan fingerprint density at radius 3 is 2.46 bits per heavy atom. The second kappa shape index (κ2) is 7.62. The van der Waals surface area contributed by atoms with Crippen molar-refractivity contribution in [3.8, 4) is 6.07 Å². The fraction of sp³-hybridized carbons (Fsp3) is 0.235. The van der Waals surface area contributed by atoms with Crippen molar-refractivity contribution in [3.05, 3.63) is 46.3 Å². The summed E-state index contributed by atoms with van der Waals surface area (Å²) in [6, 6.07) is 10.5. The van der Waals surface area contributed by atoms with Crippen molar-refractivity contribution in [1.82, 2.24) is 0 Å². The van der Waals surface area contributed by atoms with Crippen LogP contribution < -0.4 is 10.6 Å². The molecule has 124 valence electrons. The third kappa shape index (κ3) is 4.12. The van der Waals surface area contributed by atoms with Crippen LogP contribution in [0.25, 0.3) is 0 Å². The van der Waals surface area contributed by atoms with E-state index >= 15 is 0 Å². The molecule has 0 spiro atoms. The predicted molar refractivity (Wildman–Crippen MR) is 93.4 cm³/mol. The van der Waals surface area contributed by atoms with Gasteiger partial charge in [0.05, 0.1) is 11.7 Å². The lowest BCUT2D eigenvalue weighted by Crippen LogP contribution is -2.19. The minimum absolute atomic E-state index is 0.262. The Morgan fingerprint density at radius 2 is 1.88 bits per heavy atom. The molecular formula is C17H17N3O3S. The molecule has 0 atom stereocenters. The van der Waals surface area contributed by atoms with Gasteiger partial charge in [0.25, 0.3) is 0 Å². The highest BCUT2D eigenvalue weighted by molar-refractivity contribution is 7.18. The van der Waals surface area contributed by atoms with E-state index in [0.29, 0.717) is 21.1 Å². The number of nitrogens with one attached hydrogen (secondary N) is 2. The molecule has 1 heterocycles. The maximum absolute atomic E-state index is 12.1. The lowest BCUT2D eigenvalue weighted by Gasteiger charge is -2.06. The largest absolute Gasteiger partial charge is 0.459 e. The van der Waals surface area contributed by atoms with Crippen molar-refractivity contribution < 1.29 is 14.3 Å². The van der Waals surface area contributed by atoms with E-state index in [-0.39, 0.29) is 11.7 Å². The van der Waals surface area contributed by atoms with Crippen LogP contribution in [0.1, 0.15) is 34.6 Å². The van der Waals surface area contributed by atoms with E-state index in [0.717, 1.165) is 11.3 Å². The fourth-order valence-corrected chi connectivity index (χ4v) is 3.02. The number of nitrogens with zero attached hydrogens (tertiary/aromatic N) is 1. The molecule has 0 aliphatic carbocycles. The average Bonchev–Trinajstić information content (AvgIpc) is 2.83. The summed E-state index contributed by atoms with van der Waals surface area (Å²) in [5.74, 6) is -0.500. The van der Waals surface area contributed by atoms with E-state index in [4.69, 9.17) is 4.74 Å². The van der Waals surface area contributed by atoms with E-state index in [1.165, 1.54) is 0 Å². The van der Waals surface area contributed by atoms with Crippen LogP contribution >= 0.6 is 11.3 Å². The summed E-state index contributed by atoms with van der Waals surface area (Å²) in [4.78, 5) is 24.5. The van der Waals surface area contributed by atoms with Crippen LogP contribution in [0.2, 0.25) is 0 Å². The first-order valence-electron chi connectivity index (χ1n) is 7.30. The number of para-hydroxylation sites is 1. The number of nitriles is 1. The van der Waals surface area contributed by atoms with E-state index in [2.05, 4.69) is 10.6 Å².